The Morgan fingerprint density at radius 2 is 2.04 bits per heavy atom. The van der Waals surface area contributed by atoms with Gasteiger partial charge >= 0.3 is 0 Å². The second-order valence-corrected chi connectivity index (χ2v) is 7.07. The molecular formula is C18H24N2O2S. The molecule has 0 bridgehead atoms. The molecule has 0 fully saturated rings. The van der Waals surface area contributed by atoms with Crippen molar-refractivity contribution in [2.24, 2.45) is 0 Å². The number of carbonyl (C=O) groups excluding carboxylic acids is 1. The van der Waals surface area contributed by atoms with Crippen LogP contribution in [0.1, 0.15) is 31.7 Å². The average molecular weight is 332 g/mol. The van der Waals surface area contributed by atoms with Crippen LogP contribution in [-0.2, 0) is 0 Å². The lowest BCUT2D eigenvalue weighted by molar-refractivity contribution is 0.0946. The zero-order valence-electron chi connectivity index (χ0n) is 14.3. The van der Waals surface area contributed by atoms with Crippen LogP contribution in [0.5, 0.6) is 5.75 Å². The number of thiophene rings is 1. The second kappa shape index (κ2) is 7.62. The number of carbonyl (C=O) groups is 1. The summed E-state index contributed by atoms with van der Waals surface area (Å²) in [5, 5.41) is 3.05. The normalized spacial score (nSPS) is 12.3. The highest BCUT2D eigenvalue weighted by molar-refractivity contribution is 7.14. The molecule has 0 aliphatic rings. The predicted molar refractivity (Wildman–Crippen MR) is 95.5 cm³/mol. The molecular weight excluding hydrogens is 308 g/mol. The van der Waals surface area contributed by atoms with Crippen molar-refractivity contribution in [1.82, 2.24) is 10.2 Å². The van der Waals surface area contributed by atoms with Crippen molar-refractivity contribution >= 4 is 17.2 Å². The molecule has 4 nitrogen and oxygen atoms in total. The van der Waals surface area contributed by atoms with Crippen LogP contribution in [0.3, 0.4) is 0 Å². The molecule has 124 valence electrons. The fourth-order valence-corrected chi connectivity index (χ4v) is 3.36. The minimum Gasteiger partial charge on any atom is -0.497 e. The lowest BCUT2D eigenvalue weighted by atomic mass is 10.1. The Morgan fingerprint density at radius 3 is 2.61 bits per heavy atom. The van der Waals surface area contributed by atoms with E-state index in [9.17, 15) is 4.79 Å². The van der Waals surface area contributed by atoms with Crippen molar-refractivity contribution in [1.29, 1.82) is 0 Å². The molecule has 0 saturated heterocycles. The third kappa shape index (κ3) is 4.33. The van der Waals surface area contributed by atoms with Gasteiger partial charge in [0.2, 0.25) is 0 Å². The van der Waals surface area contributed by atoms with Crippen LogP contribution in [0.25, 0.3) is 0 Å². The fraction of sp³-hybridized carbons (Fsp3) is 0.389. The topological polar surface area (TPSA) is 41.6 Å². The van der Waals surface area contributed by atoms with Crippen LogP contribution >= 0.6 is 11.3 Å². The van der Waals surface area contributed by atoms with Gasteiger partial charge < -0.3 is 15.0 Å². The van der Waals surface area contributed by atoms with Crippen molar-refractivity contribution in [3.63, 3.8) is 0 Å². The smallest absolute Gasteiger partial charge is 0.261 e. The SMILES string of the molecule is COc1cccc(C(CNC(=O)c2cc(C)c(C)s2)N(C)C)c1. The molecule has 2 aromatic rings. The number of nitrogens with one attached hydrogen (secondary N) is 1. The van der Waals surface area contributed by atoms with Gasteiger partial charge in [-0.15, -0.1) is 11.3 Å². The molecule has 0 aliphatic carbocycles. The minimum absolute atomic E-state index is 0.0130. The van der Waals surface area contributed by atoms with E-state index in [2.05, 4.69) is 16.3 Å². The zero-order valence-corrected chi connectivity index (χ0v) is 15.2. The Kier molecular flexibility index (Phi) is 5.80. The molecule has 0 aliphatic heterocycles. The van der Waals surface area contributed by atoms with E-state index >= 15 is 0 Å². The molecule has 0 radical (unpaired) electrons. The summed E-state index contributed by atoms with van der Waals surface area (Å²) in [5.74, 6) is 0.811. The highest BCUT2D eigenvalue weighted by atomic mass is 32.1. The van der Waals surface area contributed by atoms with Gasteiger partial charge in [0.1, 0.15) is 5.75 Å². The molecule has 1 N–H and O–H groups in total. The van der Waals surface area contributed by atoms with E-state index in [4.69, 9.17) is 4.74 Å². The Labute approximate surface area is 142 Å². The third-order valence-electron chi connectivity index (χ3n) is 3.95. The largest absolute Gasteiger partial charge is 0.497 e. The Hall–Kier alpha value is -1.85. The van der Waals surface area contributed by atoms with Crippen LogP contribution < -0.4 is 10.1 Å². The van der Waals surface area contributed by atoms with Crippen LogP contribution in [0, 0.1) is 13.8 Å². The monoisotopic (exact) mass is 332 g/mol. The third-order valence-corrected chi connectivity index (χ3v) is 5.10. The maximum Gasteiger partial charge on any atom is 0.261 e. The first-order chi connectivity index (χ1) is 10.9. The fourth-order valence-electron chi connectivity index (χ4n) is 2.41. The average Bonchev–Trinajstić information content (AvgIpc) is 2.86. The minimum atomic E-state index is -0.0130. The molecule has 1 aromatic heterocycles. The lowest BCUT2D eigenvalue weighted by Gasteiger charge is -2.25. The number of ether oxygens (including phenoxy) is 1. The maximum absolute atomic E-state index is 12.3. The standard InChI is InChI=1S/C18H24N2O2S/c1-12-9-17(23-13(12)2)18(21)19-11-16(20(3)4)14-7-6-8-15(10-14)22-5/h6-10,16H,11H2,1-5H3,(H,19,21). The van der Waals surface area contributed by atoms with Crippen molar-refractivity contribution < 1.29 is 9.53 Å². The van der Waals surface area contributed by atoms with E-state index in [1.165, 1.54) is 16.2 Å². The summed E-state index contributed by atoms with van der Waals surface area (Å²) >= 11 is 1.54. The molecule has 0 spiro atoms. The van der Waals surface area contributed by atoms with Gasteiger partial charge in [-0.05, 0) is 57.3 Å². The van der Waals surface area contributed by atoms with E-state index in [1.807, 2.05) is 52.2 Å². The van der Waals surface area contributed by atoms with Crippen molar-refractivity contribution in [2.75, 3.05) is 27.7 Å². The summed E-state index contributed by atoms with van der Waals surface area (Å²) in [6.45, 7) is 4.62. The van der Waals surface area contributed by atoms with Gasteiger partial charge in [0.15, 0.2) is 0 Å². The summed E-state index contributed by atoms with van der Waals surface area (Å²) in [6, 6.07) is 10.0. The quantitative estimate of drug-likeness (QED) is 0.881. The van der Waals surface area contributed by atoms with Gasteiger partial charge in [0.05, 0.1) is 18.0 Å². The summed E-state index contributed by atoms with van der Waals surface area (Å²) < 4.78 is 5.29. The first kappa shape index (κ1) is 17.5. The number of hydrogen-bond acceptors (Lipinski definition) is 4. The van der Waals surface area contributed by atoms with Gasteiger partial charge in [0, 0.05) is 11.4 Å². The molecule has 1 unspecified atom stereocenters. The highest BCUT2D eigenvalue weighted by Crippen LogP contribution is 2.23. The van der Waals surface area contributed by atoms with E-state index in [1.54, 1.807) is 7.11 Å². The van der Waals surface area contributed by atoms with Crippen LogP contribution in [-0.4, -0.2) is 38.6 Å². The van der Waals surface area contributed by atoms with Gasteiger partial charge in [-0.2, -0.15) is 0 Å². The summed E-state index contributed by atoms with van der Waals surface area (Å²) in [4.78, 5) is 16.4. The first-order valence-electron chi connectivity index (χ1n) is 7.58. The van der Waals surface area contributed by atoms with E-state index in [0.717, 1.165) is 21.8 Å². The summed E-state index contributed by atoms with van der Waals surface area (Å²) in [6.07, 6.45) is 0. The second-order valence-electron chi connectivity index (χ2n) is 5.82. The maximum atomic E-state index is 12.3. The number of methoxy groups -OCH3 is 1. The molecule has 5 heteroatoms. The predicted octanol–water partition coefficient (Wildman–Crippen LogP) is 3.41. The molecule has 23 heavy (non-hydrogen) atoms. The summed E-state index contributed by atoms with van der Waals surface area (Å²) in [7, 11) is 5.68. The van der Waals surface area contributed by atoms with Crippen molar-refractivity contribution in [2.45, 2.75) is 19.9 Å². The highest BCUT2D eigenvalue weighted by Gasteiger charge is 2.17. The van der Waals surface area contributed by atoms with E-state index < -0.39 is 0 Å². The molecule has 2 rings (SSSR count). The van der Waals surface area contributed by atoms with Crippen LogP contribution in [0.15, 0.2) is 30.3 Å². The number of rotatable bonds is 6. The van der Waals surface area contributed by atoms with Crippen molar-refractivity contribution in [3.8, 4) is 5.75 Å². The number of amides is 1. The zero-order chi connectivity index (χ0) is 17.0. The molecule has 0 saturated carbocycles. The molecule has 1 aromatic carbocycles. The number of nitrogens with zero attached hydrogens (tertiary/aromatic N) is 1. The van der Waals surface area contributed by atoms with Crippen LogP contribution in [0.2, 0.25) is 0 Å². The number of likely N-dealkylation sites (N-methyl/N-ethyl adjacent to an activating group) is 1. The van der Waals surface area contributed by atoms with Gasteiger partial charge in [-0.3, -0.25) is 4.79 Å². The Balaban J connectivity index is 2.09. The van der Waals surface area contributed by atoms with Crippen molar-refractivity contribution in [3.05, 3.63) is 51.2 Å². The van der Waals surface area contributed by atoms with E-state index in [0.29, 0.717) is 6.54 Å². The van der Waals surface area contributed by atoms with Gasteiger partial charge in [0.25, 0.3) is 5.91 Å². The summed E-state index contributed by atoms with van der Waals surface area (Å²) in [5.41, 5.74) is 2.28. The van der Waals surface area contributed by atoms with Gasteiger partial charge in [-0.1, -0.05) is 12.1 Å². The molecule has 1 amide bonds. The number of hydrogen-bond donors (Lipinski definition) is 1. The van der Waals surface area contributed by atoms with Crippen LogP contribution in [0.4, 0.5) is 0 Å². The Morgan fingerprint density at radius 1 is 1.30 bits per heavy atom. The first-order valence-corrected chi connectivity index (χ1v) is 8.39. The molecule has 1 heterocycles. The molecule has 1 atom stereocenters. The number of benzene rings is 1. The number of aryl methyl sites for hydroxylation is 2. The lowest BCUT2D eigenvalue weighted by Crippen LogP contribution is -2.34. The van der Waals surface area contributed by atoms with Gasteiger partial charge in [-0.25, -0.2) is 0 Å². The Bertz CT molecular complexity index is 660. The van der Waals surface area contributed by atoms with E-state index in [-0.39, 0.29) is 11.9 Å².